The first-order valence-electron chi connectivity index (χ1n) is 11.9. The smallest absolute Gasteiger partial charge is 0.310 e. The molecule has 1 spiro atoms. The largest absolute Gasteiger partial charge is 0.481 e. The molecule has 3 rings (SSSR count). The molecule has 2 amide bonds. The van der Waals surface area contributed by atoms with Crippen LogP contribution >= 0.6 is 0 Å². The summed E-state index contributed by atoms with van der Waals surface area (Å²) in [5, 5.41) is 20.2. The number of fused-ring (bicyclic) bond motifs is 1. The number of aliphatic hydroxyl groups excluding tert-OH is 1. The molecule has 180 valence electrons. The minimum Gasteiger partial charge on any atom is -0.481 e. The molecule has 8 heteroatoms. The van der Waals surface area contributed by atoms with Crippen LogP contribution in [-0.4, -0.2) is 80.8 Å². The summed E-state index contributed by atoms with van der Waals surface area (Å²) in [4.78, 5) is 43.2. The SMILES string of the molecule is C=CCN(C(=O)[C@@H]1N([C@@H](CO)[C@@H](C)CC)C(=O)[C@H]2[C@H](C(=O)O)[C@@H]3CC[C@]12O3)C(C)CCC. The van der Waals surface area contributed by atoms with Crippen molar-refractivity contribution in [1.29, 1.82) is 0 Å². The van der Waals surface area contributed by atoms with Crippen molar-refractivity contribution in [2.45, 2.75) is 89.6 Å². The van der Waals surface area contributed by atoms with Gasteiger partial charge >= 0.3 is 5.97 Å². The van der Waals surface area contributed by atoms with Crippen LogP contribution in [-0.2, 0) is 19.1 Å². The summed E-state index contributed by atoms with van der Waals surface area (Å²) >= 11 is 0. The van der Waals surface area contributed by atoms with Crippen molar-refractivity contribution < 1.29 is 29.3 Å². The minimum absolute atomic E-state index is 0.0594. The number of hydrogen-bond donors (Lipinski definition) is 2. The molecule has 3 aliphatic rings. The van der Waals surface area contributed by atoms with Crippen LogP contribution in [0.4, 0.5) is 0 Å². The zero-order valence-electron chi connectivity index (χ0n) is 19.7. The minimum atomic E-state index is -1.16. The zero-order chi connectivity index (χ0) is 23.8. The fraction of sp³-hybridized carbons (Fsp3) is 0.792. The Morgan fingerprint density at radius 1 is 1.38 bits per heavy atom. The number of aliphatic hydroxyl groups is 1. The quantitative estimate of drug-likeness (QED) is 0.467. The Morgan fingerprint density at radius 3 is 2.59 bits per heavy atom. The number of carbonyl (C=O) groups is 3. The molecule has 0 aromatic rings. The van der Waals surface area contributed by atoms with Gasteiger partial charge in [-0.15, -0.1) is 6.58 Å². The Bertz CT molecular complexity index is 757. The summed E-state index contributed by atoms with van der Waals surface area (Å²) in [6.45, 7) is 11.8. The van der Waals surface area contributed by atoms with Crippen LogP contribution < -0.4 is 0 Å². The number of carboxylic acid groups (broad SMARTS) is 1. The zero-order valence-corrected chi connectivity index (χ0v) is 19.7. The maximum absolute atomic E-state index is 14.1. The third kappa shape index (κ3) is 3.65. The maximum Gasteiger partial charge on any atom is 0.310 e. The molecule has 8 atom stereocenters. The molecule has 1 unspecified atom stereocenters. The van der Waals surface area contributed by atoms with Gasteiger partial charge in [0.1, 0.15) is 11.6 Å². The molecule has 3 fully saturated rings. The highest BCUT2D eigenvalue weighted by Gasteiger charge is 2.75. The number of carboxylic acids is 1. The van der Waals surface area contributed by atoms with Crippen molar-refractivity contribution in [3.8, 4) is 0 Å². The first kappa shape index (κ1) is 24.7. The summed E-state index contributed by atoms with van der Waals surface area (Å²) in [6, 6.07) is -1.59. The highest BCUT2D eigenvalue weighted by molar-refractivity contribution is 5.98. The van der Waals surface area contributed by atoms with Crippen LogP contribution in [0, 0.1) is 17.8 Å². The molecule has 3 heterocycles. The first-order chi connectivity index (χ1) is 15.2. The maximum atomic E-state index is 14.1. The Labute approximate surface area is 190 Å². The molecule has 2 bridgehead atoms. The van der Waals surface area contributed by atoms with Gasteiger partial charge in [0.2, 0.25) is 11.8 Å². The number of ether oxygens (including phenoxy) is 1. The van der Waals surface area contributed by atoms with Crippen LogP contribution in [0.2, 0.25) is 0 Å². The van der Waals surface area contributed by atoms with Crippen molar-refractivity contribution in [1.82, 2.24) is 9.80 Å². The van der Waals surface area contributed by atoms with Crippen molar-refractivity contribution >= 4 is 17.8 Å². The van der Waals surface area contributed by atoms with Crippen LogP contribution in [0.3, 0.4) is 0 Å². The van der Waals surface area contributed by atoms with E-state index in [1.165, 1.54) is 4.90 Å². The van der Waals surface area contributed by atoms with E-state index in [9.17, 15) is 24.6 Å². The summed E-state index contributed by atoms with van der Waals surface area (Å²) in [5.41, 5.74) is -1.16. The summed E-state index contributed by atoms with van der Waals surface area (Å²) in [6.07, 6.45) is 4.50. The van der Waals surface area contributed by atoms with Gasteiger partial charge in [0.25, 0.3) is 0 Å². The van der Waals surface area contributed by atoms with E-state index < -0.39 is 41.6 Å². The van der Waals surface area contributed by atoms with E-state index in [1.807, 2.05) is 20.8 Å². The van der Waals surface area contributed by atoms with Crippen LogP contribution in [0.1, 0.15) is 59.8 Å². The van der Waals surface area contributed by atoms with Crippen LogP contribution in [0.15, 0.2) is 12.7 Å². The lowest BCUT2D eigenvalue weighted by Crippen LogP contribution is -2.60. The van der Waals surface area contributed by atoms with Gasteiger partial charge in [-0.1, -0.05) is 39.7 Å². The fourth-order valence-corrected chi connectivity index (χ4v) is 6.18. The predicted octanol–water partition coefficient (Wildman–Crippen LogP) is 2.06. The van der Waals surface area contributed by atoms with Gasteiger partial charge in [0.05, 0.1) is 30.6 Å². The van der Waals surface area contributed by atoms with Crippen molar-refractivity contribution in [2.75, 3.05) is 13.2 Å². The van der Waals surface area contributed by atoms with E-state index in [-0.39, 0.29) is 30.4 Å². The van der Waals surface area contributed by atoms with Crippen LogP contribution in [0.5, 0.6) is 0 Å². The lowest BCUT2D eigenvalue weighted by Gasteiger charge is -2.42. The molecule has 2 N–H and O–H groups in total. The molecule has 8 nitrogen and oxygen atoms in total. The molecule has 32 heavy (non-hydrogen) atoms. The molecule has 0 saturated carbocycles. The Kier molecular flexibility index (Phi) is 7.34. The number of aliphatic carboxylic acids is 1. The Hall–Kier alpha value is -1.93. The summed E-state index contributed by atoms with van der Waals surface area (Å²) in [7, 11) is 0. The van der Waals surface area contributed by atoms with E-state index in [0.29, 0.717) is 25.8 Å². The van der Waals surface area contributed by atoms with E-state index in [4.69, 9.17) is 4.74 Å². The van der Waals surface area contributed by atoms with Crippen LogP contribution in [0.25, 0.3) is 0 Å². The van der Waals surface area contributed by atoms with Gasteiger partial charge in [-0.05, 0) is 32.1 Å². The third-order valence-electron chi connectivity index (χ3n) is 7.95. The summed E-state index contributed by atoms with van der Waals surface area (Å²) in [5.74, 6) is -3.61. The predicted molar refractivity (Wildman–Crippen MR) is 119 cm³/mol. The molecule has 0 aromatic carbocycles. The van der Waals surface area contributed by atoms with Gasteiger partial charge in [-0.2, -0.15) is 0 Å². The summed E-state index contributed by atoms with van der Waals surface area (Å²) < 4.78 is 6.27. The lowest BCUT2D eigenvalue weighted by atomic mass is 9.70. The molecule has 3 aliphatic heterocycles. The van der Waals surface area contributed by atoms with Gasteiger partial charge in [0.15, 0.2) is 0 Å². The highest BCUT2D eigenvalue weighted by atomic mass is 16.5. The molecular weight excluding hydrogens is 412 g/mol. The van der Waals surface area contributed by atoms with E-state index in [0.717, 1.165) is 12.8 Å². The van der Waals surface area contributed by atoms with Gasteiger partial charge in [-0.3, -0.25) is 14.4 Å². The Morgan fingerprint density at radius 2 is 2.06 bits per heavy atom. The van der Waals surface area contributed by atoms with Gasteiger partial charge in [-0.25, -0.2) is 0 Å². The molecule has 0 aliphatic carbocycles. The second-order valence-electron chi connectivity index (χ2n) is 9.69. The van der Waals surface area contributed by atoms with Crippen molar-refractivity contribution in [2.24, 2.45) is 17.8 Å². The number of nitrogens with zero attached hydrogens (tertiary/aromatic N) is 2. The third-order valence-corrected chi connectivity index (χ3v) is 7.95. The second kappa shape index (κ2) is 9.51. The van der Waals surface area contributed by atoms with Crippen molar-refractivity contribution in [3.63, 3.8) is 0 Å². The number of likely N-dealkylation sites (tertiary alicyclic amines) is 1. The second-order valence-corrected chi connectivity index (χ2v) is 9.69. The number of rotatable bonds is 11. The first-order valence-corrected chi connectivity index (χ1v) is 11.9. The molecule has 0 aromatic heterocycles. The van der Waals surface area contributed by atoms with E-state index >= 15 is 0 Å². The lowest BCUT2D eigenvalue weighted by molar-refractivity contribution is -0.155. The average molecular weight is 451 g/mol. The average Bonchev–Trinajstić information content (AvgIpc) is 3.40. The fourth-order valence-electron chi connectivity index (χ4n) is 6.18. The highest BCUT2D eigenvalue weighted by Crippen LogP contribution is 2.59. The van der Waals surface area contributed by atoms with Gasteiger partial charge < -0.3 is 24.7 Å². The number of amides is 2. The van der Waals surface area contributed by atoms with E-state index in [1.54, 1.807) is 11.0 Å². The Balaban J connectivity index is 2.12. The monoisotopic (exact) mass is 450 g/mol. The van der Waals surface area contributed by atoms with E-state index in [2.05, 4.69) is 13.5 Å². The number of hydrogen-bond acceptors (Lipinski definition) is 5. The number of carbonyl (C=O) groups excluding carboxylic acids is 2. The van der Waals surface area contributed by atoms with Crippen molar-refractivity contribution in [3.05, 3.63) is 12.7 Å². The molecule has 3 saturated heterocycles. The van der Waals surface area contributed by atoms with Gasteiger partial charge in [0, 0.05) is 12.6 Å². The normalized spacial score (nSPS) is 33.7. The molecular formula is C24H38N2O6. The topological polar surface area (TPSA) is 107 Å². The standard InChI is InChI=1S/C24H38N2O6/c1-6-9-15(5)25(12-7-2)22(29)20-24-11-10-17(32-24)18(23(30)31)19(24)21(28)26(20)16(13-27)14(4)8-3/h7,14-20,27H,2,6,8-13H2,1,3-5H3,(H,30,31)/t14-,15?,16-,17-,18+,19+,20-,24+/m0/s1. The molecule has 0 radical (unpaired) electrons.